The first-order chi connectivity index (χ1) is 9.93. The van der Waals surface area contributed by atoms with Crippen LogP contribution < -0.4 is 4.74 Å². The van der Waals surface area contributed by atoms with E-state index in [1.807, 2.05) is 4.57 Å². The predicted molar refractivity (Wildman–Crippen MR) is 80.9 cm³/mol. The van der Waals surface area contributed by atoms with Gasteiger partial charge in [0.1, 0.15) is 0 Å². The molecule has 0 bridgehead atoms. The molecule has 0 amide bonds. The van der Waals surface area contributed by atoms with Crippen molar-refractivity contribution < 1.29 is 9.66 Å². The monoisotopic (exact) mass is 308 g/mol. The number of rotatable bonds is 5. The maximum Gasteiger partial charge on any atom is 0.311 e. The summed E-state index contributed by atoms with van der Waals surface area (Å²) in [5, 5.41) is 18.0. The summed E-state index contributed by atoms with van der Waals surface area (Å²) in [6.45, 7) is 4.81. The van der Waals surface area contributed by atoms with Crippen LogP contribution in [0.4, 0.5) is 5.69 Å². The van der Waals surface area contributed by atoms with Crippen molar-refractivity contribution in [3.8, 4) is 17.1 Å². The number of aromatic amines is 1. The maximum atomic E-state index is 11.1. The van der Waals surface area contributed by atoms with E-state index in [0.717, 1.165) is 0 Å². The molecule has 1 aromatic carbocycles. The fourth-order valence-electron chi connectivity index (χ4n) is 2.04. The molecule has 112 valence electrons. The molecular formula is C13H16N4O3S. The third-order valence-corrected chi connectivity index (χ3v) is 3.25. The van der Waals surface area contributed by atoms with E-state index in [1.54, 1.807) is 12.1 Å². The zero-order valence-corrected chi connectivity index (χ0v) is 12.8. The van der Waals surface area contributed by atoms with E-state index in [-0.39, 0.29) is 11.4 Å². The highest BCUT2D eigenvalue weighted by Crippen LogP contribution is 2.31. The molecule has 0 saturated carbocycles. The molecule has 0 unspecified atom stereocenters. The van der Waals surface area contributed by atoms with E-state index in [9.17, 15) is 10.1 Å². The predicted octanol–water partition coefficient (Wildman–Crippen LogP) is 3.18. The summed E-state index contributed by atoms with van der Waals surface area (Å²) in [5.74, 6) is 1.18. The normalized spacial score (nSPS) is 10.9. The topological polar surface area (TPSA) is 86.0 Å². The standard InChI is InChI=1S/C13H16N4O3S/c1-8(2)7-16-12(14-15-13(16)21)9-4-5-11(20-3)10(6-9)17(18)19/h4-6,8H,7H2,1-3H3,(H,15,21). The van der Waals surface area contributed by atoms with Gasteiger partial charge in [0.05, 0.1) is 12.0 Å². The quantitative estimate of drug-likeness (QED) is 0.521. The number of nitrogens with zero attached hydrogens (tertiary/aromatic N) is 3. The zero-order valence-electron chi connectivity index (χ0n) is 12.0. The highest BCUT2D eigenvalue weighted by molar-refractivity contribution is 7.71. The molecule has 1 aromatic heterocycles. The molecule has 7 nitrogen and oxygen atoms in total. The molecule has 1 N–H and O–H groups in total. The van der Waals surface area contributed by atoms with Gasteiger partial charge in [0.25, 0.3) is 0 Å². The van der Waals surface area contributed by atoms with Gasteiger partial charge in [-0.25, -0.2) is 0 Å². The van der Waals surface area contributed by atoms with Crippen molar-refractivity contribution in [1.29, 1.82) is 0 Å². The van der Waals surface area contributed by atoms with E-state index in [4.69, 9.17) is 17.0 Å². The van der Waals surface area contributed by atoms with Crippen molar-refractivity contribution >= 4 is 17.9 Å². The van der Waals surface area contributed by atoms with Crippen LogP contribution in [0.1, 0.15) is 13.8 Å². The highest BCUT2D eigenvalue weighted by Gasteiger charge is 2.18. The number of nitro benzene ring substituents is 1. The third kappa shape index (κ3) is 3.10. The molecule has 0 fully saturated rings. The number of hydrogen-bond acceptors (Lipinski definition) is 5. The van der Waals surface area contributed by atoms with Gasteiger partial charge in [0.2, 0.25) is 0 Å². The lowest BCUT2D eigenvalue weighted by Gasteiger charge is -2.10. The summed E-state index contributed by atoms with van der Waals surface area (Å²) < 4.78 is 7.34. The van der Waals surface area contributed by atoms with Crippen LogP contribution in [0.25, 0.3) is 11.4 Å². The second kappa shape index (κ2) is 6.04. The fourth-order valence-corrected chi connectivity index (χ4v) is 2.25. The second-order valence-electron chi connectivity index (χ2n) is 5.00. The van der Waals surface area contributed by atoms with E-state index < -0.39 is 4.92 Å². The molecule has 0 spiro atoms. The number of H-pyrrole nitrogens is 1. The van der Waals surface area contributed by atoms with Crippen LogP contribution in [0.5, 0.6) is 5.75 Å². The molecule has 21 heavy (non-hydrogen) atoms. The average molecular weight is 308 g/mol. The lowest BCUT2D eigenvalue weighted by Crippen LogP contribution is -2.06. The van der Waals surface area contributed by atoms with Crippen LogP contribution >= 0.6 is 12.2 Å². The first kappa shape index (κ1) is 15.2. The number of nitrogens with one attached hydrogen (secondary N) is 1. The number of methoxy groups -OCH3 is 1. The number of hydrogen-bond donors (Lipinski definition) is 1. The molecule has 1 heterocycles. The minimum atomic E-state index is -0.476. The first-order valence-electron chi connectivity index (χ1n) is 6.42. The summed E-state index contributed by atoms with van der Waals surface area (Å²) in [6.07, 6.45) is 0. The van der Waals surface area contributed by atoms with Crippen molar-refractivity contribution in [2.45, 2.75) is 20.4 Å². The minimum Gasteiger partial charge on any atom is -0.490 e. The molecule has 0 aliphatic rings. The summed E-state index contributed by atoms with van der Waals surface area (Å²) in [7, 11) is 1.40. The third-order valence-electron chi connectivity index (χ3n) is 2.94. The summed E-state index contributed by atoms with van der Waals surface area (Å²) in [5.41, 5.74) is 0.524. The second-order valence-corrected chi connectivity index (χ2v) is 5.39. The maximum absolute atomic E-state index is 11.1. The Labute approximate surface area is 126 Å². The smallest absolute Gasteiger partial charge is 0.311 e. The Morgan fingerprint density at radius 3 is 2.81 bits per heavy atom. The fraction of sp³-hybridized carbons (Fsp3) is 0.385. The lowest BCUT2D eigenvalue weighted by atomic mass is 10.1. The van der Waals surface area contributed by atoms with E-state index in [2.05, 4.69) is 24.0 Å². The molecule has 0 saturated heterocycles. The number of aromatic nitrogens is 3. The van der Waals surface area contributed by atoms with Crippen molar-refractivity contribution in [3.05, 3.63) is 33.1 Å². The van der Waals surface area contributed by atoms with Crippen LogP contribution in [0.3, 0.4) is 0 Å². The van der Waals surface area contributed by atoms with E-state index in [0.29, 0.717) is 28.6 Å². The molecule has 8 heteroatoms. The lowest BCUT2D eigenvalue weighted by molar-refractivity contribution is -0.385. The Bertz CT molecular complexity index is 720. The Hall–Kier alpha value is -2.22. The van der Waals surface area contributed by atoms with Gasteiger partial charge >= 0.3 is 5.69 Å². The number of nitro groups is 1. The Morgan fingerprint density at radius 1 is 1.52 bits per heavy atom. The SMILES string of the molecule is COc1ccc(-c2n[nH]c(=S)n2CC(C)C)cc1[N+](=O)[O-]. The van der Waals surface area contributed by atoms with Crippen LogP contribution in [0.2, 0.25) is 0 Å². The van der Waals surface area contributed by atoms with Crippen molar-refractivity contribution in [2.24, 2.45) is 5.92 Å². The molecule has 0 radical (unpaired) electrons. The van der Waals surface area contributed by atoms with E-state index >= 15 is 0 Å². The van der Waals surface area contributed by atoms with Crippen molar-refractivity contribution in [2.75, 3.05) is 7.11 Å². The van der Waals surface area contributed by atoms with Gasteiger partial charge in [0.15, 0.2) is 16.3 Å². The van der Waals surface area contributed by atoms with Crippen LogP contribution in [0.15, 0.2) is 18.2 Å². The van der Waals surface area contributed by atoms with Gasteiger partial charge in [-0.2, -0.15) is 5.10 Å². The Kier molecular flexibility index (Phi) is 4.37. The molecule has 2 aromatic rings. The van der Waals surface area contributed by atoms with Crippen LogP contribution in [-0.2, 0) is 6.54 Å². The van der Waals surface area contributed by atoms with Gasteiger partial charge in [-0.3, -0.25) is 19.8 Å². The Morgan fingerprint density at radius 2 is 2.24 bits per heavy atom. The summed E-state index contributed by atoms with van der Waals surface area (Å²) in [6, 6.07) is 4.74. The first-order valence-corrected chi connectivity index (χ1v) is 6.83. The molecular weight excluding hydrogens is 292 g/mol. The number of ether oxygens (including phenoxy) is 1. The Balaban J connectivity index is 2.55. The highest BCUT2D eigenvalue weighted by atomic mass is 32.1. The largest absolute Gasteiger partial charge is 0.490 e. The van der Waals surface area contributed by atoms with E-state index in [1.165, 1.54) is 13.2 Å². The van der Waals surface area contributed by atoms with Crippen molar-refractivity contribution in [1.82, 2.24) is 14.8 Å². The van der Waals surface area contributed by atoms with Crippen molar-refractivity contribution in [3.63, 3.8) is 0 Å². The van der Waals surface area contributed by atoms with Gasteiger partial charge in [-0.1, -0.05) is 13.8 Å². The number of benzene rings is 1. The van der Waals surface area contributed by atoms with Gasteiger partial charge < -0.3 is 4.74 Å². The van der Waals surface area contributed by atoms with Crippen LogP contribution in [-0.4, -0.2) is 26.8 Å². The van der Waals surface area contributed by atoms with Gasteiger partial charge in [-0.15, -0.1) is 0 Å². The van der Waals surface area contributed by atoms with Gasteiger partial charge in [-0.05, 0) is 30.3 Å². The molecule has 0 atom stereocenters. The average Bonchev–Trinajstić information content (AvgIpc) is 2.79. The summed E-state index contributed by atoms with van der Waals surface area (Å²) >= 11 is 5.21. The minimum absolute atomic E-state index is 0.0972. The molecule has 0 aliphatic carbocycles. The van der Waals surface area contributed by atoms with Crippen LogP contribution in [0, 0.1) is 20.8 Å². The summed E-state index contributed by atoms with van der Waals surface area (Å²) in [4.78, 5) is 10.6. The zero-order chi connectivity index (χ0) is 15.6. The molecule has 2 rings (SSSR count). The van der Waals surface area contributed by atoms with Gasteiger partial charge in [0, 0.05) is 18.2 Å². The molecule has 0 aliphatic heterocycles.